The van der Waals surface area contributed by atoms with Gasteiger partial charge in [-0.3, -0.25) is 9.59 Å². The van der Waals surface area contributed by atoms with Crippen LogP contribution in [-0.4, -0.2) is 10.4 Å². The first-order valence-electron chi connectivity index (χ1n) is 12.8. The molecule has 5 aromatic rings. The minimum Gasteiger partial charge on any atom is -0.341 e. The maximum absolute atomic E-state index is 12.3. The molecule has 0 bridgehead atoms. The second kappa shape index (κ2) is 9.58. The maximum Gasteiger partial charge on any atom is 0.194 e. The van der Waals surface area contributed by atoms with Crippen molar-refractivity contribution < 1.29 is 4.79 Å². The fraction of sp³-hybridized carbons (Fsp3) is 0.355. The summed E-state index contributed by atoms with van der Waals surface area (Å²) in [6, 6.07) is 20.8. The summed E-state index contributed by atoms with van der Waals surface area (Å²) in [7, 11) is 0. The van der Waals surface area contributed by atoms with Crippen LogP contribution >= 0.6 is 0 Å². The molecule has 0 unspecified atom stereocenters. The van der Waals surface area contributed by atoms with Gasteiger partial charge in [-0.15, -0.1) is 0 Å². The van der Waals surface area contributed by atoms with E-state index in [1.807, 2.05) is 13.0 Å². The first-order chi connectivity index (χ1) is 16.6. The van der Waals surface area contributed by atoms with Crippen molar-refractivity contribution in [2.45, 2.75) is 65.3 Å². The molecule has 6 rings (SSSR count). The van der Waals surface area contributed by atoms with E-state index in [0.29, 0.717) is 6.42 Å². The van der Waals surface area contributed by atoms with Crippen molar-refractivity contribution in [3.8, 4) is 0 Å². The smallest absolute Gasteiger partial charge is 0.194 e. The molecular formula is C31H33NO2. The van der Waals surface area contributed by atoms with E-state index in [0.717, 1.165) is 40.8 Å². The van der Waals surface area contributed by atoms with Gasteiger partial charge in [-0.05, 0) is 49.9 Å². The summed E-state index contributed by atoms with van der Waals surface area (Å²) in [4.78, 5) is 23.7. The van der Waals surface area contributed by atoms with Gasteiger partial charge in [0.05, 0.1) is 0 Å². The Morgan fingerprint density at radius 3 is 2.09 bits per heavy atom. The van der Waals surface area contributed by atoms with E-state index in [4.69, 9.17) is 0 Å². The molecule has 174 valence electrons. The molecule has 1 aromatic heterocycles. The highest BCUT2D eigenvalue weighted by molar-refractivity contribution is 6.08. The lowest BCUT2D eigenvalue weighted by Crippen LogP contribution is -2.09. The Morgan fingerprint density at radius 1 is 0.853 bits per heavy atom. The number of nitrogens with zero attached hydrogens (tertiary/aromatic N) is 1. The predicted molar refractivity (Wildman–Crippen MR) is 143 cm³/mol. The van der Waals surface area contributed by atoms with E-state index in [2.05, 4.69) is 60.0 Å². The van der Waals surface area contributed by atoms with Gasteiger partial charge in [0.1, 0.15) is 0 Å². The number of hydrogen-bond acceptors (Lipinski definition) is 2. The van der Waals surface area contributed by atoms with Gasteiger partial charge in [0.2, 0.25) is 0 Å². The highest BCUT2D eigenvalue weighted by Gasteiger charge is 2.21. The number of carbonyl (C=O) groups is 1. The van der Waals surface area contributed by atoms with Gasteiger partial charge in [0, 0.05) is 51.1 Å². The number of Topliss-reactive ketones (excluding diaryl/α,β-unsaturated/α-hetero) is 1. The molecular weight excluding hydrogens is 418 g/mol. The van der Waals surface area contributed by atoms with Gasteiger partial charge < -0.3 is 4.57 Å². The van der Waals surface area contributed by atoms with Crippen molar-refractivity contribution in [3.05, 3.63) is 82.0 Å². The molecule has 3 heteroatoms. The average molecular weight is 452 g/mol. The molecule has 1 aliphatic rings. The SMILES string of the molecule is CCn1c2ccccc2c2ccccc21.Cc1c(C(=O)CCC2CCCCC2)ccc2c(=O)c12. The van der Waals surface area contributed by atoms with Crippen molar-refractivity contribution in [2.24, 2.45) is 5.92 Å². The zero-order valence-corrected chi connectivity index (χ0v) is 20.3. The second-order valence-electron chi connectivity index (χ2n) is 9.73. The molecule has 0 radical (unpaired) electrons. The third-order valence-corrected chi connectivity index (χ3v) is 7.68. The highest BCUT2D eigenvalue weighted by Crippen LogP contribution is 2.30. The number of rotatable bonds is 5. The second-order valence-corrected chi connectivity index (χ2v) is 9.73. The number of benzene rings is 3. The zero-order valence-electron chi connectivity index (χ0n) is 20.3. The molecule has 0 amide bonds. The maximum atomic E-state index is 12.3. The Kier molecular flexibility index (Phi) is 6.36. The zero-order chi connectivity index (χ0) is 23.7. The van der Waals surface area contributed by atoms with Crippen LogP contribution in [0.2, 0.25) is 0 Å². The van der Waals surface area contributed by atoms with Crippen molar-refractivity contribution in [1.29, 1.82) is 0 Å². The van der Waals surface area contributed by atoms with E-state index in [1.165, 1.54) is 53.9 Å². The third-order valence-electron chi connectivity index (χ3n) is 7.68. The molecule has 1 heterocycles. The van der Waals surface area contributed by atoms with Crippen LogP contribution in [-0.2, 0) is 6.54 Å². The summed E-state index contributed by atoms with van der Waals surface area (Å²) in [6.07, 6.45) is 8.23. The molecule has 0 atom stereocenters. The molecule has 1 fully saturated rings. The van der Waals surface area contributed by atoms with Gasteiger partial charge in [-0.2, -0.15) is 0 Å². The fourth-order valence-electron chi connectivity index (χ4n) is 5.73. The van der Waals surface area contributed by atoms with Crippen molar-refractivity contribution in [3.63, 3.8) is 0 Å². The molecule has 0 N–H and O–H groups in total. The Morgan fingerprint density at radius 2 is 1.47 bits per heavy atom. The topological polar surface area (TPSA) is 39.1 Å². The number of hydrogen-bond donors (Lipinski definition) is 0. The van der Waals surface area contributed by atoms with E-state index < -0.39 is 0 Å². The van der Waals surface area contributed by atoms with Gasteiger partial charge >= 0.3 is 0 Å². The number of fused-ring (bicyclic) bond motifs is 4. The Balaban J connectivity index is 0.000000145. The highest BCUT2D eigenvalue weighted by atomic mass is 16.1. The minimum atomic E-state index is 0.129. The summed E-state index contributed by atoms with van der Waals surface area (Å²) in [5.74, 6) is 0.953. The van der Waals surface area contributed by atoms with Crippen molar-refractivity contribution in [1.82, 2.24) is 4.57 Å². The number of aromatic nitrogens is 1. The Labute approximate surface area is 201 Å². The summed E-state index contributed by atoms with van der Waals surface area (Å²) in [5.41, 5.74) is 4.46. The van der Waals surface area contributed by atoms with Crippen LogP contribution in [0.3, 0.4) is 0 Å². The summed E-state index contributed by atoms with van der Waals surface area (Å²) >= 11 is 0. The number of ketones is 1. The molecule has 3 nitrogen and oxygen atoms in total. The summed E-state index contributed by atoms with van der Waals surface area (Å²) in [6.45, 7) is 5.12. The molecule has 1 aliphatic carbocycles. The van der Waals surface area contributed by atoms with Crippen LogP contribution in [0.1, 0.15) is 67.8 Å². The van der Waals surface area contributed by atoms with Crippen LogP contribution < -0.4 is 5.43 Å². The monoisotopic (exact) mass is 451 g/mol. The lowest BCUT2D eigenvalue weighted by Gasteiger charge is -2.21. The third kappa shape index (κ3) is 4.20. The molecule has 34 heavy (non-hydrogen) atoms. The first kappa shape index (κ1) is 22.6. The van der Waals surface area contributed by atoms with E-state index in [-0.39, 0.29) is 11.2 Å². The van der Waals surface area contributed by atoms with Crippen molar-refractivity contribution in [2.75, 3.05) is 0 Å². The standard InChI is InChI=1S/C17H20O2.C14H13N/c1-11-13(8-9-14-16(11)17(14)19)15(18)10-7-12-5-3-2-4-6-12;1-2-15-13-9-5-3-7-11(13)12-8-4-6-10-14(12)15/h8-9,12H,2-7,10H2,1H3;3-10H,2H2,1H3. The first-order valence-corrected chi connectivity index (χ1v) is 12.8. The van der Waals surface area contributed by atoms with Crippen molar-refractivity contribution >= 4 is 38.4 Å². The molecule has 4 aromatic carbocycles. The van der Waals surface area contributed by atoms with Crippen LogP contribution in [0.5, 0.6) is 0 Å². The molecule has 1 saturated carbocycles. The quantitative estimate of drug-likeness (QED) is 0.256. The molecule has 0 aliphatic heterocycles. The van der Waals surface area contributed by atoms with E-state index in [9.17, 15) is 9.59 Å². The summed E-state index contributed by atoms with van der Waals surface area (Å²) < 4.78 is 2.37. The van der Waals surface area contributed by atoms with Gasteiger partial charge in [-0.25, -0.2) is 0 Å². The van der Waals surface area contributed by atoms with Crippen LogP contribution in [0.25, 0.3) is 32.6 Å². The van der Waals surface area contributed by atoms with Gasteiger partial charge in [-0.1, -0.05) is 74.6 Å². The Bertz CT molecular complexity index is 1420. The number of carbonyl (C=O) groups excluding carboxylic acids is 1. The predicted octanol–water partition coefficient (Wildman–Crippen LogP) is 7.74. The van der Waals surface area contributed by atoms with Gasteiger partial charge in [0.15, 0.2) is 11.2 Å². The van der Waals surface area contributed by atoms with Gasteiger partial charge in [0.25, 0.3) is 0 Å². The lowest BCUT2D eigenvalue weighted by molar-refractivity contribution is 0.0969. The van der Waals surface area contributed by atoms with Crippen LogP contribution in [0.4, 0.5) is 0 Å². The molecule has 0 saturated heterocycles. The van der Waals surface area contributed by atoms with E-state index in [1.54, 1.807) is 6.07 Å². The minimum absolute atomic E-state index is 0.129. The normalized spacial score (nSPS) is 14.6. The largest absolute Gasteiger partial charge is 0.341 e. The lowest BCUT2D eigenvalue weighted by atomic mass is 9.85. The summed E-state index contributed by atoms with van der Waals surface area (Å²) in [5, 5.41) is 4.31. The number of aryl methyl sites for hydroxylation is 2. The molecule has 0 spiro atoms. The Hall–Kier alpha value is -3.20. The van der Waals surface area contributed by atoms with Crippen LogP contribution in [0, 0.1) is 12.8 Å². The fourth-order valence-corrected chi connectivity index (χ4v) is 5.73. The number of para-hydroxylation sites is 2. The van der Waals surface area contributed by atoms with Crippen LogP contribution in [0.15, 0.2) is 65.5 Å². The average Bonchev–Trinajstić information content (AvgIpc) is 3.43. The van der Waals surface area contributed by atoms with E-state index >= 15 is 0 Å².